The number of nitrogens with zero attached hydrogens (tertiary/aromatic N) is 4. The lowest BCUT2D eigenvalue weighted by Gasteiger charge is -2.28. The molecule has 32 heavy (non-hydrogen) atoms. The zero-order valence-electron chi connectivity index (χ0n) is 19.6. The minimum Gasteiger partial charge on any atom is -0.264 e. The van der Waals surface area contributed by atoms with E-state index >= 15 is 4.39 Å². The fourth-order valence-electron chi connectivity index (χ4n) is 5.10. The lowest BCUT2D eigenvalue weighted by Crippen LogP contribution is -2.27. The molecule has 0 bridgehead atoms. The highest BCUT2D eigenvalue weighted by Gasteiger charge is 2.34. The Bertz CT molecular complexity index is 1350. The van der Waals surface area contributed by atoms with Gasteiger partial charge in [-0.05, 0) is 49.4 Å². The van der Waals surface area contributed by atoms with Crippen molar-refractivity contribution in [1.29, 1.82) is 0 Å². The number of benzene rings is 2. The summed E-state index contributed by atoms with van der Waals surface area (Å²) >= 11 is 0. The predicted octanol–water partition coefficient (Wildman–Crippen LogP) is 6.58. The van der Waals surface area contributed by atoms with Crippen LogP contribution in [0, 0.1) is 18.6 Å². The van der Waals surface area contributed by atoms with Crippen LogP contribution in [-0.2, 0) is 17.4 Å². The zero-order valence-corrected chi connectivity index (χ0v) is 19.6. The Morgan fingerprint density at radius 3 is 2.28 bits per heavy atom. The Balaban J connectivity index is 1.67. The van der Waals surface area contributed by atoms with Crippen LogP contribution in [-0.4, -0.2) is 19.6 Å². The molecule has 0 unspecified atom stereocenters. The average molecular weight is 437 g/mol. The molecule has 0 radical (unpaired) electrons. The van der Waals surface area contributed by atoms with Crippen LogP contribution in [0.15, 0.2) is 30.5 Å². The number of aryl methyl sites for hydroxylation is 1. The molecule has 168 valence electrons. The third-order valence-electron chi connectivity index (χ3n) is 6.62. The first-order chi connectivity index (χ1) is 15.0. The Morgan fingerprint density at radius 2 is 1.62 bits per heavy atom. The standard InChI is InChI=1S/C26H30F2N4/c1-15-21-20(12-11-18(27)22(21)25(2,3)4)31(30-15)14-26(5,6)23-19(28)10-7-16-13-29-32(24(16)23)17-8-9-17/h7,10-13,17H,8-9,14H2,1-6H3. The summed E-state index contributed by atoms with van der Waals surface area (Å²) in [5.41, 5.74) is 2.99. The maximum atomic E-state index is 15.3. The van der Waals surface area contributed by atoms with Crippen molar-refractivity contribution < 1.29 is 8.78 Å². The maximum absolute atomic E-state index is 15.3. The number of halogens is 2. The van der Waals surface area contributed by atoms with Crippen molar-refractivity contribution >= 4 is 21.8 Å². The molecule has 0 amide bonds. The van der Waals surface area contributed by atoms with Crippen LogP contribution in [0.2, 0.25) is 0 Å². The molecule has 4 aromatic rings. The van der Waals surface area contributed by atoms with Crippen molar-refractivity contribution in [3.05, 3.63) is 58.9 Å². The first-order valence-electron chi connectivity index (χ1n) is 11.3. The van der Waals surface area contributed by atoms with Crippen LogP contribution in [0.4, 0.5) is 8.78 Å². The summed E-state index contributed by atoms with van der Waals surface area (Å²) in [5.74, 6) is -0.435. The minimum atomic E-state index is -0.558. The van der Waals surface area contributed by atoms with Crippen LogP contribution in [0.25, 0.3) is 21.8 Å². The van der Waals surface area contributed by atoms with Crippen LogP contribution in [0.3, 0.4) is 0 Å². The molecule has 1 aliphatic carbocycles. The second kappa shape index (κ2) is 6.87. The van der Waals surface area contributed by atoms with Crippen molar-refractivity contribution in [1.82, 2.24) is 19.6 Å². The van der Waals surface area contributed by atoms with E-state index in [1.54, 1.807) is 6.07 Å². The number of fused-ring (bicyclic) bond motifs is 2. The highest BCUT2D eigenvalue weighted by molar-refractivity contribution is 5.87. The summed E-state index contributed by atoms with van der Waals surface area (Å²) in [4.78, 5) is 0. The second-order valence-corrected chi connectivity index (χ2v) is 10.9. The first kappa shape index (κ1) is 21.1. The Hall–Kier alpha value is -2.76. The Kier molecular flexibility index (Phi) is 4.53. The molecule has 4 nitrogen and oxygen atoms in total. The molecule has 2 heterocycles. The highest BCUT2D eigenvalue weighted by atomic mass is 19.1. The molecule has 0 saturated heterocycles. The van der Waals surface area contributed by atoms with Gasteiger partial charge in [-0.25, -0.2) is 8.78 Å². The summed E-state index contributed by atoms with van der Waals surface area (Å²) in [6.45, 7) is 12.5. The molecule has 1 saturated carbocycles. The zero-order chi connectivity index (χ0) is 23.0. The molecule has 6 heteroatoms. The molecule has 2 aromatic carbocycles. The van der Waals surface area contributed by atoms with Gasteiger partial charge in [0.1, 0.15) is 11.6 Å². The molecule has 0 N–H and O–H groups in total. The van der Waals surface area contributed by atoms with E-state index in [0.29, 0.717) is 23.7 Å². The quantitative estimate of drug-likeness (QED) is 0.362. The fourth-order valence-corrected chi connectivity index (χ4v) is 5.10. The van der Waals surface area contributed by atoms with Crippen LogP contribution < -0.4 is 0 Å². The lowest BCUT2D eigenvalue weighted by atomic mass is 9.82. The van der Waals surface area contributed by atoms with Gasteiger partial charge in [-0.3, -0.25) is 9.36 Å². The van der Waals surface area contributed by atoms with Gasteiger partial charge in [0.05, 0.1) is 35.5 Å². The van der Waals surface area contributed by atoms with Gasteiger partial charge >= 0.3 is 0 Å². The van der Waals surface area contributed by atoms with E-state index in [4.69, 9.17) is 5.10 Å². The molecule has 0 spiro atoms. The van der Waals surface area contributed by atoms with Crippen molar-refractivity contribution in [2.45, 2.75) is 77.8 Å². The van der Waals surface area contributed by atoms with Crippen LogP contribution >= 0.6 is 0 Å². The summed E-state index contributed by atoms with van der Waals surface area (Å²) in [5, 5.41) is 11.2. The summed E-state index contributed by atoms with van der Waals surface area (Å²) in [7, 11) is 0. The minimum absolute atomic E-state index is 0.212. The molecule has 0 atom stereocenters. The van der Waals surface area contributed by atoms with E-state index in [-0.39, 0.29) is 17.0 Å². The van der Waals surface area contributed by atoms with E-state index in [2.05, 4.69) is 5.10 Å². The van der Waals surface area contributed by atoms with Gasteiger partial charge in [-0.1, -0.05) is 34.6 Å². The normalized spacial score (nSPS) is 15.2. The third kappa shape index (κ3) is 3.23. The lowest BCUT2D eigenvalue weighted by molar-refractivity contribution is 0.399. The Morgan fingerprint density at radius 1 is 0.969 bits per heavy atom. The smallest absolute Gasteiger partial charge is 0.129 e. The number of hydrogen-bond donors (Lipinski definition) is 0. The molecule has 0 aliphatic heterocycles. The highest BCUT2D eigenvalue weighted by Crippen LogP contribution is 2.42. The van der Waals surface area contributed by atoms with Crippen LogP contribution in [0.1, 0.15) is 70.3 Å². The molecule has 5 rings (SSSR count). The predicted molar refractivity (Wildman–Crippen MR) is 124 cm³/mol. The van der Waals surface area contributed by atoms with Crippen molar-refractivity contribution in [2.24, 2.45) is 0 Å². The van der Waals surface area contributed by atoms with E-state index in [9.17, 15) is 4.39 Å². The molecular formula is C26H30F2N4. The third-order valence-corrected chi connectivity index (χ3v) is 6.62. The van der Waals surface area contributed by atoms with E-state index < -0.39 is 5.41 Å². The number of rotatable bonds is 4. The largest absolute Gasteiger partial charge is 0.264 e. The maximum Gasteiger partial charge on any atom is 0.129 e. The van der Waals surface area contributed by atoms with Crippen LogP contribution in [0.5, 0.6) is 0 Å². The second-order valence-electron chi connectivity index (χ2n) is 10.9. The van der Waals surface area contributed by atoms with Gasteiger partial charge in [0.15, 0.2) is 0 Å². The molecule has 1 fully saturated rings. The average Bonchev–Trinajstić information content (AvgIpc) is 3.37. The topological polar surface area (TPSA) is 35.6 Å². The molecule has 2 aromatic heterocycles. The molecule has 1 aliphatic rings. The van der Waals surface area contributed by atoms with Crippen molar-refractivity contribution in [3.8, 4) is 0 Å². The van der Waals surface area contributed by atoms with Crippen molar-refractivity contribution in [2.75, 3.05) is 0 Å². The van der Waals surface area contributed by atoms with E-state index in [0.717, 1.165) is 40.3 Å². The van der Waals surface area contributed by atoms with Gasteiger partial charge in [-0.2, -0.15) is 10.2 Å². The molecular weight excluding hydrogens is 406 g/mol. The number of aromatic nitrogens is 4. The van der Waals surface area contributed by atoms with Gasteiger partial charge in [0.2, 0.25) is 0 Å². The SMILES string of the molecule is Cc1nn(CC(C)(C)c2c(F)ccc3cnn(C4CC4)c23)c2ccc(F)c(C(C)(C)C)c12. The van der Waals surface area contributed by atoms with Gasteiger partial charge in [-0.15, -0.1) is 0 Å². The van der Waals surface area contributed by atoms with Gasteiger partial charge in [0.25, 0.3) is 0 Å². The summed E-state index contributed by atoms with van der Waals surface area (Å²) in [6, 6.07) is 7.02. The Labute approximate surface area is 187 Å². The fraction of sp³-hybridized carbons (Fsp3) is 0.462. The van der Waals surface area contributed by atoms with Gasteiger partial charge in [0, 0.05) is 27.3 Å². The van der Waals surface area contributed by atoms with Gasteiger partial charge < -0.3 is 0 Å². The van der Waals surface area contributed by atoms with Crippen molar-refractivity contribution in [3.63, 3.8) is 0 Å². The monoisotopic (exact) mass is 436 g/mol. The van der Waals surface area contributed by atoms with E-state index in [1.807, 2.05) is 63.2 Å². The summed E-state index contributed by atoms with van der Waals surface area (Å²) in [6.07, 6.45) is 3.99. The first-order valence-corrected chi connectivity index (χ1v) is 11.3. The summed E-state index contributed by atoms with van der Waals surface area (Å²) < 4.78 is 34.1. The van der Waals surface area contributed by atoms with E-state index in [1.165, 1.54) is 12.1 Å². The number of hydrogen-bond acceptors (Lipinski definition) is 2.